The van der Waals surface area contributed by atoms with Gasteiger partial charge in [-0.05, 0) is 50.1 Å². The largest absolute Gasteiger partial charge is 0.340 e. The lowest BCUT2D eigenvalue weighted by atomic mass is 10.1. The maximum Gasteiger partial charge on any atom is 0.165 e. The molecule has 142 valence electrons. The summed E-state index contributed by atoms with van der Waals surface area (Å²) in [6.45, 7) is 4.03. The normalized spacial score (nSPS) is 11.1. The molecule has 0 fully saturated rings. The highest BCUT2D eigenvalue weighted by atomic mass is 35.5. The Bertz CT molecular complexity index is 1120. The minimum Gasteiger partial charge on any atom is -0.340 e. The summed E-state index contributed by atoms with van der Waals surface area (Å²) in [6, 6.07) is 17.8. The van der Waals surface area contributed by atoms with Gasteiger partial charge in [0.25, 0.3) is 0 Å². The van der Waals surface area contributed by atoms with E-state index in [1.54, 1.807) is 0 Å². The molecule has 4 nitrogen and oxygen atoms in total. The summed E-state index contributed by atoms with van der Waals surface area (Å²) in [5.74, 6) is 1.39. The number of alkyl halides is 1. The Morgan fingerprint density at radius 2 is 1.68 bits per heavy atom. The molecule has 0 unspecified atom stereocenters. The highest BCUT2D eigenvalue weighted by Crippen LogP contribution is 2.32. The number of halogens is 2. The maximum absolute atomic E-state index is 6.08. The molecule has 2 aromatic carbocycles. The van der Waals surface area contributed by atoms with Gasteiger partial charge in [-0.1, -0.05) is 41.9 Å². The highest BCUT2D eigenvalue weighted by Gasteiger charge is 2.20. The van der Waals surface area contributed by atoms with Gasteiger partial charge in [0.05, 0.1) is 5.69 Å². The Labute approximate surface area is 174 Å². The molecule has 0 saturated carbocycles. The molecule has 0 saturated heterocycles. The van der Waals surface area contributed by atoms with Crippen LogP contribution in [0.4, 0.5) is 11.5 Å². The number of hydrogen-bond acceptors (Lipinski definition) is 3. The van der Waals surface area contributed by atoms with Crippen LogP contribution in [0.2, 0.25) is 5.02 Å². The lowest BCUT2D eigenvalue weighted by Gasteiger charge is -2.15. The lowest BCUT2D eigenvalue weighted by Crippen LogP contribution is -2.09. The molecule has 4 rings (SSSR count). The fourth-order valence-electron chi connectivity index (χ4n) is 3.43. The molecule has 0 aliphatic carbocycles. The van der Waals surface area contributed by atoms with E-state index < -0.39 is 0 Å². The number of aryl methyl sites for hydroxylation is 2. The van der Waals surface area contributed by atoms with Crippen LogP contribution in [-0.4, -0.2) is 20.5 Å². The maximum atomic E-state index is 6.08. The van der Waals surface area contributed by atoms with E-state index in [0.29, 0.717) is 17.3 Å². The topological polar surface area (TPSA) is 42.2 Å². The summed E-state index contributed by atoms with van der Waals surface area (Å²) in [5, 5.41) is 9.01. The van der Waals surface area contributed by atoms with E-state index in [4.69, 9.17) is 33.3 Å². The van der Waals surface area contributed by atoms with Crippen LogP contribution in [0.15, 0.2) is 54.6 Å². The molecule has 1 N–H and O–H groups in total. The van der Waals surface area contributed by atoms with Crippen molar-refractivity contribution in [2.24, 2.45) is 0 Å². The van der Waals surface area contributed by atoms with E-state index in [1.165, 1.54) is 0 Å². The van der Waals surface area contributed by atoms with Crippen molar-refractivity contribution in [3.8, 4) is 11.1 Å². The van der Waals surface area contributed by atoms with Crippen LogP contribution in [0.25, 0.3) is 16.8 Å². The van der Waals surface area contributed by atoms with Gasteiger partial charge < -0.3 is 5.32 Å². The molecule has 2 heterocycles. The SMILES string of the molecule is Cc1nc2c(-c3ccccc3)c(C)nn2c(Nc2ccc(Cl)cc2)c1CCCl. The van der Waals surface area contributed by atoms with Gasteiger partial charge in [0.2, 0.25) is 0 Å². The molecule has 0 aliphatic rings. The molecule has 0 aliphatic heterocycles. The van der Waals surface area contributed by atoms with E-state index >= 15 is 0 Å². The Kier molecular flexibility index (Phi) is 5.25. The summed E-state index contributed by atoms with van der Waals surface area (Å²) < 4.78 is 1.89. The zero-order chi connectivity index (χ0) is 19.7. The molecule has 4 aromatic rings. The summed E-state index contributed by atoms with van der Waals surface area (Å²) in [6.07, 6.45) is 0.700. The van der Waals surface area contributed by atoms with Crippen LogP contribution in [0, 0.1) is 13.8 Å². The van der Waals surface area contributed by atoms with Crippen LogP contribution < -0.4 is 5.32 Å². The van der Waals surface area contributed by atoms with Gasteiger partial charge in [-0.15, -0.1) is 11.6 Å². The highest BCUT2D eigenvalue weighted by molar-refractivity contribution is 6.30. The third-order valence-corrected chi connectivity index (χ3v) is 5.20. The van der Waals surface area contributed by atoms with Crippen LogP contribution in [0.3, 0.4) is 0 Å². The van der Waals surface area contributed by atoms with Crippen molar-refractivity contribution in [1.29, 1.82) is 0 Å². The summed E-state index contributed by atoms with van der Waals surface area (Å²) in [5.41, 5.74) is 6.84. The van der Waals surface area contributed by atoms with Crippen LogP contribution in [0.1, 0.15) is 17.0 Å². The van der Waals surface area contributed by atoms with E-state index in [-0.39, 0.29) is 0 Å². The molecule has 2 aromatic heterocycles. The van der Waals surface area contributed by atoms with Gasteiger partial charge in [0, 0.05) is 33.4 Å². The molecular formula is C22H20Cl2N4. The molecule has 6 heteroatoms. The Morgan fingerprint density at radius 1 is 0.964 bits per heavy atom. The van der Waals surface area contributed by atoms with Crippen molar-refractivity contribution >= 4 is 40.4 Å². The lowest BCUT2D eigenvalue weighted by molar-refractivity contribution is 0.891. The predicted molar refractivity (Wildman–Crippen MR) is 117 cm³/mol. The summed E-state index contributed by atoms with van der Waals surface area (Å²) in [7, 11) is 0. The molecule has 0 spiro atoms. The monoisotopic (exact) mass is 410 g/mol. The quantitative estimate of drug-likeness (QED) is 0.398. The Morgan fingerprint density at radius 3 is 2.36 bits per heavy atom. The van der Waals surface area contributed by atoms with E-state index in [0.717, 1.165) is 45.2 Å². The first-order chi connectivity index (χ1) is 13.6. The average molecular weight is 411 g/mol. The second-order valence-electron chi connectivity index (χ2n) is 6.66. The number of nitrogens with zero attached hydrogens (tertiary/aromatic N) is 3. The van der Waals surface area contributed by atoms with Gasteiger partial charge in [-0.3, -0.25) is 0 Å². The zero-order valence-corrected chi connectivity index (χ0v) is 17.2. The predicted octanol–water partition coefficient (Wildman–Crippen LogP) is 6.19. The third-order valence-electron chi connectivity index (χ3n) is 4.76. The van der Waals surface area contributed by atoms with Crippen LogP contribution >= 0.6 is 23.2 Å². The second kappa shape index (κ2) is 7.82. The molecule has 0 radical (unpaired) electrons. The summed E-state index contributed by atoms with van der Waals surface area (Å²) in [4.78, 5) is 4.89. The van der Waals surface area contributed by atoms with Gasteiger partial charge in [0.1, 0.15) is 5.82 Å². The van der Waals surface area contributed by atoms with Crippen LogP contribution in [-0.2, 0) is 6.42 Å². The molecule has 0 bridgehead atoms. The first-order valence-corrected chi connectivity index (χ1v) is 10.0. The molecule has 0 amide bonds. The molecule has 28 heavy (non-hydrogen) atoms. The van der Waals surface area contributed by atoms with Crippen molar-refractivity contribution in [3.63, 3.8) is 0 Å². The van der Waals surface area contributed by atoms with Crippen LogP contribution in [0.5, 0.6) is 0 Å². The number of nitrogens with one attached hydrogen (secondary N) is 1. The average Bonchev–Trinajstić information content (AvgIpc) is 3.02. The van der Waals surface area contributed by atoms with Crippen molar-refractivity contribution in [1.82, 2.24) is 14.6 Å². The number of benzene rings is 2. The van der Waals surface area contributed by atoms with Crippen molar-refractivity contribution in [2.45, 2.75) is 20.3 Å². The van der Waals surface area contributed by atoms with E-state index in [2.05, 4.69) is 17.4 Å². The zero-order valence-electron chi connectivity index (χ0n) is 15.7. The summed E-state index contributed by atoms with van der Waals surface area (Å²) >= 11 is 12.1. The number of aromatic nitrogens is 3. The van der Waals surface area contributed by atoms with E-state index in [9.17, 15) is 0 Å². The van der Waals surface area contributed by atoms with Gasteiger partial charge in [-0.25, -0.2) is 4.98 Å². The fourth-order valence-corrected chi connectivity index (χ4v) is 3.75. The minimum absolute atomic E-state index is 0.509. The van der Waals surface area contributed by atoms with Crippen molar-refractivity contribution in [3.05, 3.63) is 76.6 Å². The first kappa shape index (κ1) is 18.8. The molecule has 0 atom stereocenters. The number of rotatable bonds is 5. The standard InChI is InChI=1S/C22H20Cl2N4/c1-14-19(12-13-23)21(26-18-10-8-17(24)9-11-18)28-22(25-14)20(15(2)27-28)16-6-4-3-5-7-16/h3-11,26H,12-13H2,1-2H3. The van der Waals surface area contributed by atoms with E-state index in [1.807, 2.05) is 60.8 Å². The number of anilines is 2. The van der Waals surface area contributed by atoms with Gasteiger partial charge >= 0.3 is 0 Å². The number of fused-ring (bicyclic) bond motifs is 1. The first-order valence-electron chi connectivity index (χ1n) is 9.11. The third kappa shape index (κ3) is 3.46. The fraction of sp³-hybridized carbons (Fsp3) is 0.182. The Hall–Kier alpha value is -2.56. The minimum atomic E-state index is 0.509. The molecular weight excluding hydrogens is 391 g/mol. The smallest absolute Gasteiger partial charge is 0.165 e. The van der Waals surface area contributed by atoms with Crippen molar-refractivity contribution < 1.29 is 0 Å². The van der Waals surface area contributed by atoms with Crippen molar-refractivity contribution in [2.75, 3.05) is 11.2 Å². The second-order valence-corrected chi connectivity index (χ2v) is 7.47. The number of hydrogen-bond donors (Lipinski definition) is 1. The van der Waals surface area contributed by atoms with Gasteiger partial charge in [-0.2, -0.15) is 9.61 Å². The van der Waals surface area contributed by atoms with Gasteiger partial charge in [0.15, 0.2) is 5.65 Å². The Balaban J connectivity index is 1.95.